The van der Waals surface area contributed by atoms with Gasteiger partial charge in [0.1, 0.15) is 0 Å². The summed E-state index contributed by atoms with van der Waals surface area (Å²) < 4.78 is 7.61. The second kappa shape index (κ2) is 5.63. The highest BCUT2D eigenvalue weighted by atomic mass is 16.4. The molecule has 22 heavy (non-hydrogen) atoms. The van der Waals surface area contributed by atoms with E-state index in [-0.39, 0.29) is 6.04 Å². The summed E-state index contributed by atoms with van der Waals surface area (Å²) in [5.41, 5.74) is 1.16. The Morgan fingerprint density at radius 3 is 2.77 bits per heavy atom. The van der Waals surface area contributed by atoms with E-state index in [0.29, 0.717) is 18.5 Å². The molecule has 4 rings (SSSR count). The Kier molecular flexibility index (Phi) is 3.34. The summed E-state index contributed by atoms with van der Waals surface area (Å²) in [6.07, 6.45) is 6.02. The summed E-state index contributed by atoms with van der Waals surface area (Å²) in [6.45, 7) is 0.693. The minimum Gasteiger partial charge on any atom is -0.408 e. The van der Waals surface area contributed by atoms with E-state index in [4.69, 9.17) is 4.42 Å². The van der Waals surface area contributed by atoms with Crippen LogP contribution in [-0.2, 0) is 6.54 Å². The molecule has 0 aliphatic heterocycles. The van der Waals surface area contributed by atoms with Crippen molar-refractivity contribution in [3.63, 3.8) is 0 Å². The Morgan fingerprint density at radius 2 is 2.05 bits per heavy atom. The number of hydrogen-bond donors (Lipinski definition) is 1. The number of hydrogen-bond acceptors (Lipinski definition) is 5. The van der Waals surface area contributed by atoms with E-state index in [9.17, 15) is 0 Å². The Morgan fingerprint density at radius 1 is 1.18 bits per heavy atom. The number of rotatable bonds is 6. The van der Waals surface area contributed by atoms with E-state index in [1.54, 1.807) is 6.20 Å². The highest BCUT2D eigenvalue weighted by Crippen LogP contribution is 2.39. The molecule has 0 amide bonds. The lowest BCUT2D eigenvalue weighted by atomic mass is 10.1. The van der Waals surface area contributed by atoms with Gasteiger partial charge in [-0.1, -0.05) is 35.4 Å². The van der Waals surface area contributed by atoms with Crippen LogP contribution in [0.15, 0.2) is 53.2 Å². The molecule has 0 spiro atoms. The van der Waals surface area contributed by atoms with Crippen LogP contribution < -0.4 is 5.32 Å². The third kappa shape index (κ3) is 2.86. The van der Waals surface area contributed by atoms with Gasteiger partial charge in [0.15, 0.2) is 0 Å². The number of anilines is 1. The molecule has 6 nitrogen and oxygen atoms in total. The SMILES string of the molecule is c1ccc([C@@H](Cn2cccn2)Nc2nnc(C3CC3)o2)cc1. The molecular formula is C16H17N5O. The van der Waals surface area contributed by atoms with Crippen LogP contribution in [-0.4, -0.2) is 20.0 Å². The smallest absolute Gasteiger partial charge is 0.316 e. The van der Waals surface area contributed by atoms with Gasteiger partial charge in [0.05, 0.1) is 12.6 Å². The van der Waals surface area contributed by atoms with Crippen LogP contribution in [0.3, 0.4) is 0 Å². The van der Waals surface area contributed by atoms with Crippen LogP contribution in [0.1, 0.15) is 36.3 Å². The molecule has 2 heterocycles. The normalized spacial score (nSPS) is 15.6. The minimum absolute atomic E-state index is 0.0219. The molecule has 0 unspecified atom stereocenters. The van der Waals surface area contributed by atoms with Gasteiger partial charge in [0.2, 0.25) is 5.89 Å². The average Bonchev–Trinajstić information content (AvgIpc) is 3.08. The first-order chi connectivity index (χ1) is 10.9. The van der Waals surface area contributed by atoms with Crippen molar-refractivity contribution in [3.8, 4) is 0 Å². The lowest BCUT2D eigenvalue weighted by Crippen LogP contribution is -2.18. The first-order valence-electron chi connectivity index (χ1n) is 7.51. The van der Waals surface area contributed by atoms with Crippen molar-refractivity contribution in [2.24, 2.45) is 0 Å². The molecule has 2 aromatic heterocycles. The van der Waals surface area contributed by atoms with Gasteiger partial charge in [-0.2, -0.15) is 5.10 Å². The number of nitrogens with one attached hydrogen (secondary N) is 1. The molecule has 6 heteroatoms. The Bertz CT molecular complexity index is 718. The van der Waals surface area contributed by atoms with E-state index in [2.05, 4.69) is 32.7 Å². The summed E-state index contributed by atoms with van der Waals surface area (Å²) >= 11 is 0. The van der Waals surface area contributed by atoms with Crippen molar-refractivity contribution in [3.05, 3.63) is 60.2 Å². The number of benzene rings is 1. The maximum atomic E-state index is 5.72. The number of nitrogens with zero attached hydrogens (tertiary/aromatic N) is 4. The van der Waals surface area contributed by atoms with Crippen LogP contribution in [0.4, 0.5) is 6.01 Å². The van der Waals surface area contributed by atoms with Crippen LogP contribution in [0.25, 0.3) is 0 Å². The summed E-state index contributed by atoms with van der Waals surface area (Å²) in [5, 5.41) is 15.8. The van der Waals surface area contributed by atoms with E-state index in [1.165, 1.54) is 0 Å². The van der Waals surface area contributed by atoms with E-state index < -0.39 is 0 Å². The third-order valence-corrected chi connectivity index (χ3v) is 3.80. The zero-order valence-electron chi connectivity index (χ0n) is 12.1. The van der Waals surface area contributed by atoms with Crippen molar-refractivity contribution in [2.45, 2.75) is 31.3 Å². The summed E-state index contributed by atoms with van der Waals surface area (Å²) in [6, 6.07) is 12.6. The summed E-state index contributed by atoms with van der Waals surface area (Å²) in [4.78, 5) is 0. The lowest BCUT2D eigenvalue weighted by Gasteiger charge is -2.17. The van der Waals surface area contributed by atoms with Crippen LogP contribution in [0, 0.1) is 0 Å². The Balaban J connectivity index is 1.55. The van der Waals surface area contributed by atoms with Crippen molar-refractivity contribution >= 4 is 6.01 Å². The maximum absolute atomic E-state index is 5.72. The zero-order chi connectivity index (χ0) is 14.8. The Hall–Kier alpha value is -2.63. The zero-order valence-corrected chi connectivity index (χ0v) is 12.1. The number of aromatic nitrogens is 4. The molecule has 1 saturated carbocycles. The fourth-order valence-corrected chi connectivity index (χ4v) is 2.45. The van der Waals surface area contributed by atoms with Crippen molar-refractivity contribution in [1.29, 1.82) is 0 Å². The predicted molar refractivity (Wildman–Crippen MR) is 81.3 cm³/mol. The van der Waals surface area contributed by atoms with Crippen molar-refractivity contribution in [2.75, 3.05) is 5.32 Å². The van der Waals surface area contributed by atoms with Gasteiger partial charge in [0.25, 0.3) is 0 Å². The standard InChI is InChI=1S/C16H17N5O/c1-2-5-12(6-3-1)14(11-21-10-4-9-17-21)18-16-20-19-15(22-16)13-7-8-13/h1-6,9-10,13-14H,7-8,11H2,(H,18,20)/t14-/m1/s1. The second-order valence-electron chi connectivity index (χ2n) is 5.56. The molecule has 0 radical (unpaired) electrons. The van der Waals surface area contributed by atoms with Gasteiger partial charge < -0.3 is 9.73 Å². The molecule has 1 aliphatic rings. The first kappa shape index (κ1) is 13.1. The van der Waals surface area contributed by atoms with E-state index in [1.807, 2.05) is 35.1 Å². The molecule has 0 bridgehead atoms. The van der Waals surface area contributed by atoms with Gasteiger partial charge in [-0.3, -0.25) is 4.68 Å². The van der Waals surface area contributed by atoms with E-state index >= 15 is 0 Å². The summed E-state index contributed by atoms with van der Waals surface area (Å²) in [5.74, 6) is 1.21. The van der Waals surface area contributed by atoms with Gasteiger partial charge in [-0.25, -0.2) is 0 Å². The highest BCUT2D eigenvalue weighted by molar-refractivity contribution is 5.29. The molecule has 1 fully saturated rings. The molecule has 1 N–H and O–H groups in total. The van der Waals surface area contributed by atoms with Gasteiger partial charge in [-0.05, 0) is 24.5 Å². The maximum Gasteiger partial charge on any atom is 0.316 e. The van der Waals surface area contributed by atoms with Crippen LogP contribution in [0.5, 0.6) is 0 Å². The molecule has 112 valence electrons. The van der Waals surface area contributed by atoms with Gasteiger partial charge >= 0.3 is 6.01 Å². The topological polar surface area (TPSA) is 68.8 Å². The fourth-order valence-electron chi connectivity index (χ4n) is 2.45. The minimum atomic E-state index is 0.0219. The molecule has 0 saturated heterocycles. The Labute approximate surface area is 128 Å². The molecule has 3 aromatic rings. The van der Waals surface area contributed by atoms with Crippen molar-refractivity contribution in [1.82, 2.24) is 20.0 Å². The highest BCUT2D eigenvalue weighted by Gasteiger charge is 2.29. The lowest BCUT2D eigenvalue weighted by molar-refractivity contribution is 0.485. The van der Waals surface area contributed by atoms with Crippen LogP contribution in [0.2, 0.25) is 0 Å². The molecule has 1 aromatic carbocycles. The van der Waals surface area contributed by atoms with Gasteiger partial charge in [0, 0.05) is 18.3 Å². The second-order valence-corrected chi connectivity index (χ2v) is 5.56. The monoisotopic (exact) mass is 295 g/mol. The van der Waals surface area contributed by atoms with Crippen LogP contribution >= 0.6 is 0 Å². The predicted octanol–water partition coefficient (Wildman–Crippen LogP) is 3.00. The fraction of sp³-hybridized carbons (Fsp3) is 0.312. The van der Waals surface area contributed by atoms with Crippen molar-refractivity contribution < 1.29 is 4.42 Å². The summed E-state index contributed by atoms with van der Waals surface area (Å²) in [7, 11) is 0. The molecular weight excluding hydrogens is 278 g/mol. The average molecular weight is 295 g/mol. The molecule has 1 aliphatic carbocycles. The molecule has 1 atom stereocenters. The first-order valence-corrected chi connectivity index (χ1v) is 7.51. The van der Waals surface area contributed by atoms with E-state index in [0.717, 1.165) is 24.3 Å². The van der Waals surface area contributed by atoms with Gasteiger partial charge in [-0.15, -0.1) is 5.10 Å². The quantitative estimate of drug-likeness (QED) is 0.757. The largest absolute Gasteiger partial charge is 0.408 e. The third-order valence-electron chi connectivity index (χ3n) is 3.80.